The Labute approximate surface area is 69.6 Å². The van der Waals surface area contributed by atoms with Gasteiger partial charge in [0.2, 0.25) is 0 Å². The summed E-state index contributed by atoms with van der Waals surface area (Å²) in [5, 5.41) is 8.27. The lowest BCUT2D eigenvalue weighted by molar-refractivity contribution is -0.131. The molecule has 0 aromatic carbocycles. The van der Waals surface area contributed by atoms with Gasteiger partial charge in [0.1, 0.15) is 0 Å². The minimum atomic E-state index is -0.945. The predicted molar refractivity (Wildman–Crippen MR) is 42.5 cm³/mol. The number of carboxylic acids is 1. The van der Waals surface area contributed by atoms with Gasteiger partial charge < -0.3 is 5.11 Å². The number of carbonyl (C=O) groups is 1. The Bertz CT molecular complexity index is 282. The zero-order chi connectivity index (χ0) is 8.81. The van der Waals surface area contributed by atoms with Gasteiger partial charge in [0.15, 0.2) is 0 Å². The van der Waals surface area contributed by atoms with Crippen LogP contribution in [-0.2, 0) is 11.2 Å². The highest BCUT2D eigenvalue weighted by atomic mass is 16.4. The maximum absolute atomic E-state index is 10.1. The lowest BCUT2D eigenvalue weighted by atomic mass is 10.3. The summed E-state index contributed by atoms with van der Waals surface area (Å²) >= 11 is 0. The Morgan fingerprint density at radius 1 is 1.58 bits per heavy atom. The van der Waals surface area contributed by atoms with Crippen molar-refractivity contribution < 1.29 is 9.90 Å². The van der Waals surface area contributed by atoms with Crippen molar-refractivity contribution in [3.8, 4) is 0 Å². The molecule has 0 saturated carbocycles. The third kappa shape index (κ3) is 2.92. The predicted octanol–water partition coefficient (Wildman–Crippen LogP) is 0.660. The van der Waals surface area contributed by atoms with Crippen LogP contribution in [0, 0.1) is 0 Å². The SMILES string of the molecule is O=C(O)C=CCc1cnccn1. The first kappa shape index (κ1) is 8.39. The minimum Gasteiger partial charge on any atom is -0.478 e. The van der Waals surface area contributed by atoms with Crippen LogP contribution in [0.1, 0.15) is 5.69 Å². The van der Waals surface area contributed by atoms with Gasteiger partial charge >= 0.3 is 5.97 Å². The second-order valence-electron chi connectivity index (χ2n) is 2.14. The normalized spacial score (nSPS) is 10.3. The molecule has 0 spiro atoms. The fourth-order valence-electron chi connectivity index (χ4n) is 0.716. The van der Waals surface area contributed by atoms with Crippen LogP contribution in [0.3, 0.4) is 0 Å². The smallest absolute Gasteiger partial charge is 0.327 e. The van der Waals surface area contributed by atoms with Crippen LogP contribution in [-0.4, -0.2) is 21.0 Å². The standard InChI is InChI=1S/C8H8N2O2/c11-8(12)3-1-2-7-6-9-4-5-10-7/h1,3-6H,2H2,(H,11,12). The number of aliphatic carboxylic acids is 1. The summed E-state index contributed by atoms with van der Waals surface area (Å²) in [4.78, 5) is 17.9. The molecule has 0 amide bonds. The van der Waals surface area contributed by atoms with Crippen molar-refractivity contribution >= 4 is 5.97 Å². The molecule has 1 aromatic heterocycles. The Kier molecular flexibility index (Phi) is 2.95. The summed E-state index contributed by atoms with van der Waals surface area (Å²) in [6.07, 6.45) is 7.88. The largest absolute Gasteiger partial charge is 0.478 e. The highest BCUT2D eigenvalue weighted by molar-refractivity contribution is 5.79. The van der Waals surface area contributed by atoms with E-state index in [1.165, 1.54) is 6.08 Å². The quantitative estimate of drug-likeness (QED) is 0.666. The Morgan fingerprint density at radius 2 is 2.42 bits per heavy atom. The van der Waals surface area contributed by atoms with Crippen LogP contribution >= 0.6 is 0 Å². The molecule has 1 N–H and O–H groups in total. The van der Waals surface area contributed by atoms with Gasteiger partial charge in [0.25, 0.3) is 0 Å². The maximum Gasteiger partial charge on any atom is 0.327 e. The van der Waals surface area contributed by atoms with Gasteiger partial charge in [-0.3, -0.25) is 9.97 Å². The average Bonchev–Trinajstić information content (AvgIpc) is 2.05. The molecule has 0 bridgehead atoms. The summed E-state index contributed by atoms with van der Waals surface area (Å²) in [6, 6.07) is 0. The number of hydrogen-bond donors (Lipinski definition) is 1. The Balaban J connectivity index is 2.49. The van der Waals surface area contributed by atoms with Crippen LogP contribution in [0.4, 0.5) is 0 Å². The number of rotatable bonds is 3. The van der Waals surface area contributed by atoms with Crippen molar-refractivity contribution in [1.29, 1.82) is 0 Å². The van der Waals surface area contributed by atoms with Crippen LogP contribution < -0.4 is 0 Å². The van der Waals surface area contributed by atoms with Crippen molar-refractivity contribution in [1.82, 2.24) is 9.97 Å². The highest BCUT2D eigenvalue weighted by Crippen LogP contribution is 1.92. The molecule has 0 radical (unpaired) electrons. The van der Waals surface area contributed by atoms with Gasteiger partial charge in [0.05, 0.1) is 5.69 Å². The molecule has 4 nitrogen and oxygen atoms in total. The van der Waals surface area contributed by atoms with E-state index in [1.54, 1.807) is 18.6 Å². The van der Waals surface area contributed by atoms with Gasteiger partial charge in [-0.05, 0) is 0 Å². The van der Waals surface area contributed by atoms with Gasteiger partial charge in [-0.25, -0.2) is 4.79 Å². The zero-order valence-corrected chi connectivity index (χ0v) is 6.34. The Hall–Kier alpha value is -1.71. The van der Waals surface area contributed by atoms with Gasteiger partial charge in [-0.2, -0.15) is 0 Å². The van der Waals surface area contributed by atoms with Gasteiger partial charge in [-0.15, -0.1) is 0 Å². The summed E-state index contributed by atoms with van der Waals surface area (Å²) in [5.74, 6) is -0.945. The second-order valence-corrected chi connectivity index (χ2v) is 2.14. The van der Waals surface area contributed by atoms with E-state index in [-0.39, 0.29) is 0 Å². The molecule has 12 heavy (non-hydrogen) atoms. The second kappa shape index (κ2) is 4.23. The monoisotopic (exact) mass is 164 g/mol. The number of carboxylic acid groups (broad SMARTS) is 1. The number of allylic oxidation sites excluding steroid dienone is 1. The van der Waals surface area contributed by atoms with Crippen LogP contribution in [0.15, 0.2) is 30.7 Å². The first-order valence-electron chi connectivity index (χ1n) is 3.43. The molecule has 4 heteroatoms. The van der Waals surface area contributed by atoms with Crippen LogP contribution in [0.2, 0.25) is 0 Å². The van der Waals surface area contributed by atoms with Gasteiger partial charge in [-0.1, -0.05) is 6.08 Å². The summed E-state index contributed by atoms with van der Waals surface area (Å²) in [7, 11) is 0. The third-order valence-electron chi connectivity index (χ3n) is 1.20. The van der Waals surface area contributed by atoms with E-state index in [9.17, 15) is 4.79 Å². The molecule has 0 unspecified atom stereocenters. The average molecular weight is 164 g/mol. The van der Waals surface area contributed by atoms with E-state index < -0.39 is 5.97 Å². The lowest BCUT2D eigenvalue weighted by Crippen LogP contribution is -1.90. The molecule has 1 rings (SSSR count). The summed E-state index contributed by atoms with van der Waals surface area (Å²) in [6.45, 7) is 0. The molecule has 0 saturated heterocycles. The van der Waals surface area contributed by atoms with E-state index in [0.717, 1.165) is 11.8 Å². The molecular formula is C8H8N2O2. The van der Waals surface area contributed by atoms with Crippen molar-refractivity contribution in [2.45, 2.75) is 6.42 Å². The van der Waals surface area contributed by atoms with E-state index in [2.05, 4.69) is 9.97 Å². The Morgan fingerprint density at radius 3 is 3.00 bits per heavy atom. The maximum atomic E-state index is 10.1. The first-order chi connectivity index (χ1) is 5.79. The van der Waals surface area contributed by atoms with Crippen molar-refractivity contribution in [3.05, 3.63) is 36.4 Å². The molecule has 0 aliphatic carbocycles. The van der Waals surface area contributed by atoms with E-state index in [4.69, 9.17) is 5.11 Å². The number of aromatic nitrogens is 2. The third-order valence-corrected chi connectivity index (χ3v) is 1.20. The highest BCUT2D eigenvalue weighted by Gasteiger charge is 1.89. The van der Waals surface area contributed by atoms with E-state index in [0.29, 0.717) is 6.42 Å². The van der Waals surface area contributed by atoms with Crippen molar-refractivity contribution in [2.75, 3.05) is 0 Å². The number of nitrogens with zero attached hydrogens (tertiary/aromatic N) is 2. The van der Waals surface area contributed by atoms with Crippen LogP contribution in [0.25, 0.3) is 0 Å². The van der Waals surface area contributed by atoms with E-state index in [1.807, 2.05) is 0 Å². The summed E-state index contributed by atoms with van der Waals surface area (Å²) in [5.41, 5.74) is 0.759. The molecule has 0 aliphatic rings. The van der Waals surface area contributed by atoms with Crippen molar-refractivity contribution in [2.24, 2.45) is 0 Å². The van der Waals surface area contributed by atoms with Crippen molar-refractivity contribution in [3.63, 3.8) is 0 Å². The van der Waals surface area contributed by atoms with Gasteiger partial charge in [0, 0.05) is 31.1 Å². The molecule has 1 heterocycles. The number of hydrogen-bond acceptors (Lipinski definition) is 3. The molecular weight excluding hydrogens is 156 g/mol. The van der Waals surface area contributed by atoms with E-state index >= 15 is 0 Å². The fraction of sp³-hybridized carbons (Fsp3) is 0.125. The zero-order valence-electron chi connectivity index (χ0n) is 6.34. The molecule has 0 fully saturated rings. The molecule has 0 aliphatic heterocycles. The summed E-state index contributed by atoms with van der Waals surface area (Å²) < 4.78 is 0. The lowest BCUT2D eigenvalue weighted by Gasteiger charge is -1.90. The molecule has 62 valence electrons. The topological polar surface area (TPSA) is 63.1 Å². The molecule has 0 atom stereocenters. The minimum absolute atomic E-state index is 0.500. The first-order valence-corrected chi connectivity index (χ1v) is 3.43. The fourth-order valence-corrected chi connectivity index (χ4v) is 0.716. The van der Waals surface area contributed by atoms with Crippen LogP contribution in [0.5, 0.6) is 0 Å². The molecule has 1 aromatic rings.